The first-order valence-electron chi connectivity index (χ1n) is 8.67. The van der Waals surface area contributed by atoms with Crippen molar-refractivity contribution in [2.75, 3.05) is 27.9 Å². The van der Waals surface area contributed by atoms with Crippen LogP contribution in [0.4, 0.5) is 0 Å². The molecule has 0 radical (unpaired) electrons. The van der Waals surface area contributed by atoms with Crippen LogP contribution in [0, 0.1) is 0 Å². The second-order valence-corrected chi connectivity index (χ2v) is 6.51. The van der Waals surface area contributed by atoms with Crippen molar-refractivity contribution in [3.63, 3.8) is 0 Å². The molecule has 0 unspecified atom stereocenters. The van der Waals surface area contributed by atoms with Crippen molar-refractivity contribution in [3.8, 4) is 28.6 Å². The maximum absolute atomic E-state index is 12.3. The first kappa shape index (κ1) is 20.5. The summed E-state index contributed by atoms with van der Waals surface area (Å²) >= 11 is 5.83. The largest absolute Gasteiger partial charge is 0.493 e. The van der Waals surface area contributed by atoms with E-state index >= 15 is 0 Å². The molecule has 3 aromatic rings. The zero-order valence-electron chi connectivity index (χ0n) is 16.2. The van der Waals surface area contributed by atoms with Crippen LogP contribution >= 0.6 is 11.6 Å². The molecule has 3 rings (SSSR count). The van der Waals surface area contributed by atoms with Crippen LogP contribution < -0.4 is 14.2 Å². The molecule has 8 nitrogen and oxygen atoms in total. The molecule has 2 aromatic carbocycles. The summed E-state index contributed by atoms with van der Waals surface area (Å²) in [6.45, 7) is 0.0396. The normalized spacial score (nSPS) is 10.5. The van der Waals surface area contributed by atoms with Gasteiger partial charge in [0.05, 0.1) is 20.8 Å². The number of methoxy groups -OCH3 is 2. The molecule has 0 aliphatic carbocycles. The second kappa shape index (κ2) is 9.29. The molecule has 0 bridgehead atoms. The molecule has 0 N–H and O–H groups in total. The molecule has 0 spiro atoms. The zero-order chi connectivity index (χ0) is 20.8. The van der Waals surface area contributed by atoms with Gasteiger partial charge in [0.1, 0.15) is 5.75 Å². The van der Waals surface area contributed by atoms with Gasteiger partial charge >= 0.3 is 0 Å². The Morgan fingerprint density at radius 1 is 1.10 bits per heavy atom. The zero-order valence-corrected chi connectivity index (χ0v) is 17.0. The van der Waals surface area contributed by atoms with Gasteiger partial charge in [-0.15, -0.1) is 0 Å². The highest BCUT2D eigenvalue weighted by Gasteiger charge is 2.16. The number of carbonyl (C=O) groups is 1. The van der Waals surface area contributed by atoms with Crippen LogP contribution in [0.25, 0.3) is 11.4 Å². The summed E-state index contributed by atoms with van der Waals surface area (Å²) < 4.78 is 21.2. The molecular formula is C20H20ClN3O5. The Morgan fingerprint density at radius 2 is 1.83 bits per heavy atom. The fourth-order valence-corrected chi connectivity index (χ4v) is 2.61. The van der Waals surface area contributed by atoms with Crippen molar-refractivity contribution in [3.05, 3.63) is 53.4 Å². The van der Waals surface area contributed by atoms with Gasteiger partial charge in [-0.3, -0.25) is 4.79 Å². The van der Waals surface area contributed by atoms with E-state index in [0.717, 1.165) is 0 Å². The van der Waals surface area contributed by atoms with E-state index in [2.05, 4.69) is 10.1 Å². The van der Waals surface area contributed by atoms with Crippen molar-refractivity contribution in [2.24, 2.45) is 0 Å². The fourth-order valence-electron chi connectivity index (χ4n) is 2.49. The number of likely N-dealkylation sites (N-methyl/N-ethyl adjacent to an activating group) is 1. The van der Waals surface area contributed by atoms with E-state index in [1.54, 1.807) is 63.7 Å². The minimum atomic E-state index is -0.231. The Bertz CT molecular complexity index is 975. The van der Waals surface area contributed by atoms with E-state index in [1.807, 2.05) is 0 Å². The molecule has 0 saturated carbocycles. The van der Waals surface area contributed by atoms with Gasteiger partial charge in [-0.25, -0.2) is 0 Å². The average Bonchev–Trinajstić information content (AvgIpc) is 3.21. The quantitative estimate of drug-likeness (QED) is 0.554. The lowest BCUT2D eigenvalue weighted by Gasteiger charge is -2.15. The number of rotatable bonds is 8. The van der Waals surface area contributed by atoms with E-state index in [-0.39, 0.29) is 19.1 Å². The second-order valence-electron chi connectivity index (χ2n) is 6.07. The molecule has 1 amide bonds. The highest BCUT2D eigenvalue weighted by atomic mass is 35.5. The van der Waals surface area contributed by atoms with E-state index in [9.17, 15) is 4.79 Å². The van der Waals surface area contributed by atoms with Crippen molar-refractivity contribution in [1.82, 2.24) is 15.0 Å². The third-order valence-electron chi connectivity index (χ3n) is 4.08. The Hall–Kier alpha value is -3.26. The number of carbonyl (C=O) groups excluding carboxylic acids is 1. The number of amides is 1. The third-order valence-corrected chi connectivity index (χ3v) is 4.34. The molecule has 9 heteroatoms. The van der Waals surface area contributed by atoms with Crippen LogP contribution in [0.2, 0.25) is 5.02 Å². The van der Waals surface area contributed by atoms with Gasteiger partial charge in [0.25, 0.3) is 5.91 Å². The highest BCUT2D eigenvalue weighted by Crippen LogP contribution is 2.31. The standard InChI is InChI=1S/C20H20ClN3O5/c1-24(19(25)12-28-15-7-5-14(21)6-8-15)11-18-22-20(23-29-18)13-4-9-16(26-2)17(10-13)27-3/h4-10H,11-12H2,1-3H3. The van der Waals surface area contributed by atoms with E-state index in [1.165, 1.54) is 4.90 Å². The number of hydrogen-bond donors (Lipinski definition) is 0. The minimum absolute atomic E-state index is 0.116. The number of halogens is 1. The maximum Gasteiger partial charge on any atom is 0.260 e. The van der Waals surface area contributed by atoms with Crippen LogP contribution in [0.1, 0.15) is 5.89 Å². The molecule has 0 aliphatic rings. The summed E-state index contributed by atoms with van der Waals surface area (Å²) in [5.74, 6) is 2.18. The van der Waals surface area contributed by atoms with Crippen LogP contribution in [-0.2, 0) is 11.3 Å². The Kier molecular flexibility index (Phi) is 6.56. The lowest BCUT2D eigenvalue weighted by molar-refractivity contribution is -0.132. The SMILES string of the molecule is COc1ccc(-c2noc(CN(C)C(=O)COc3ccc(Cl)cc3)n2)cc1OC. The Balaban J connectivity index is 1.60. The Morgan fingerprint density at radius 3 is 2.52 bits per heavy atom. The van der Waals surface area contributed by atoms with Crippen LogP contribution in [0.5, 0.6) is 17.2 Å². The summed E-state index contributed by atoms with van der Waals surface area (Å²) in [5, 5.41) is 4.57. The van der Waals surface area contributed by atoms with Gasteiger partial charge in [-0.05, 0) is 42.5 Å². The predicted molar refractivity (Wildman–Crippen MR) is 106 cm³/mol. The van der Waals surface area contributed by atoms with Gasteiger partial charge < -0.3 is 23.6 Å². The van der Waals surface area contributed by atoms with Crippen molar-refractivity contribution >= 4 is 17.5 Å². The summed E-state index contributed by atoms with van der Waals surface area (Å²) in [6.07, 6.45) is 0. The summed E-state index contributed by atoms with van der Waals surface area (Å²) in [6, 6.07) is 12.1. The third kappa shape index (κ3) is 5.17. The average molecular weight is 418 g/mol. The van der Waals surface area contributed by atoms with Gasteiger partial charge in [0.15, 0.2) is 18.1 Å². The number of nitrogens with zero attached hydrogens (tertiary/aromatic N) is 3. The maximum atomic E-state index is 12.3. The molecule has 29 heavy (non-hydrogen) atoms. The van der Waals surface area contributed by atoms with E-state index in [4.69, 9.17) is 30.3 Å². The summed E-state index contributed by atoms with van der Waals surface area (Å²) in [5.41, 5.74) is 0.706. The predicted octanol–water partition coefficient (Wildman–Crippen LogP) is 3.44. The molecule has 1 heterocycles. The van der Waals surface area contributed by atoms with Crippen LogP contribution in [-0.4, -0.2) is 48.8 Å². The minimum Gasteiger partial charge on any atom is -0.493 e. The number of aromatic nitrogens is 2. The molecule has 0 saturated heterocycles. The van der Waals surface area contributed by atoms with Gasteiger partial charge in [0.2, 0.25) is 11.7 Å². The molecule has 0 atom stereocenters. The fraction of sp³-hybridized carbons (Fsp3) is 0.250. The monoisotopic (exact) mass is 417 g/mol. The van der Waals surface area contributed by atoms with Crippen molar-refractivity contribution in [2.45, 2.75) is 6.54 Å². The van der Waals surface area contributed by atoms with Crippen LogP contribution in [0.15, 0.2) is 47.0 Å². The lowest BCUT2D eigenvalue weighted by atomic mass is 10.2. The van der Waals surface area contributed by atoms with Crippen molar-refractivity contribution < 1.29 is 23.5 Å². The first-order valence-corrected chi connectivity index (χ1v) is 9.05. The van der Waals surface area contributed by atoms with Gasteiger partial charge in [0, 0.05) is 17.6 Å². The van der Waals surface area contributed by atoms with E-state index in [0.29, 0.717) is 39.5 Å². The molecule has 0 fully saturated rings. The molecule has 1 aromatic heterocycles. The number of ether oxygens (including phenoxy) is 3. The van der Waals surface area contributed by atoms with Gasteiger partial charge in [-0.2, -0.15) is 4.98 Å². The summed E-state index contributed by atoms with van der Waals surface area (Å²) in [7, 11) is 4.75. The van der Waals surface area contributed by atoms with E-state index < -0.39 is 0 Å². The van der Waals surface area contributed by atoms with Gasteiger partial charge in [-0.1, -0.05) is 16.8 Å². The summed E-state index contributed by atoms with van der Waals surface area (Å²) in [4.78, 5) is 18.1. The van der Waals surface area contributed by atoms with Crippen molar-refractivity contribution in [1.29, 1.82) is 0 Å². The Labute approximate surface area is 172 Å². The van der Waals surface area contributed by atoms with Crippen LogP contribution in [0.3, 0.4) is 0 Å². The molecule has 152 valence electrons. The number of benzene rings is 2. The number of hydrogen-bond acceptors (Lipinski definition) is 7. The lowest BCUT2D eigenvalue weighted by Crippen LogP contribution is -2.31. The molecule has 0 aliphatic heterocycles. The topological polar surface area (TPSA) is 86.9 Å². The highest BCUT2D eigenvalue weighted by molar-refractivity contribution is 6.30. The smallest absolute Gasteiger partial charge is 0.260 e. The first-order chi connectivity index (χ1) is 14.0. The molecular weight excluding hydrogens is 398 g/mol.